The molecule has 6 nitrogen and oxygen atoms in total. The van der Waals surface area contributed by atoms with Crippen LogP contribution in [0.1, 0.15) is 45.0 Å². The highest BCUT2D eigenvalue weighted by molar-refractivity contribution is 5.87. The van der Waals surface area contributed by atoms with Gasteiger partial charge in [0.15, 0.2) is 0 Å². The summed E-state index contributed by atoms with van der Waals surface area (Å²) in [5.41, 5.74) is 14.8. The van der Waals surface area contributed by atoms with Gasteiger partial charge in [-0.25, -0.2) is 29.9 Å². The van der Waals surface area contributed by atoms with Crippen LogP contribution in [0.25, 0.3) is 44.8 Å². The molecule has 0 bridgehead atoms. The van der Waals surface area contributed by atoms with Gasteiger partial charge in [0, 0.05) is 6.42 Å². The first-order valence-corrected chi connectivity index (χ1v) is 11.2. The highest BCUT2D eigenvalue weighted by Crippen LogP contribution is 2.37. The maximum absolute atomic E-state index is 5.05. The van der Waals surface area contributed by atoms with Gasteiger partial charge in [-0.15, -0.1) is 0 Å². The van der Waals surface area contributed by atoms with Gasteiger partial charge in [0.05, 0.1) is 44.8 Å². The fraction of sp³-hybridized carbons (Fsp3) is 0.259. The van der Waals surface area contributed by atoms with Crippen LogP contribution in [0.4, 0.5) is 0 Å². The molecule has 0 amide bonds. The number of hydrogen-bond acceptors (Lipinski definition) is 6. The van der Waals surface area contributed by atoms with Crippen LogP contribution in [0.2, 0.25) is 0 Å². The maximum Gasteiger partial charge on any atom is 0.119 e. The monoisotopic (exact) mass is 432 g/mol. The van der Waals surface area contributed by atoms with E-state index in [0.29, 0.717) is 6.42 Å². The van der Waals surface area contributed by atoms with Crippen molar-refractivity contribution >= 4 is 22.1 Å². The predicted molar refractivity (Wildman–Crippen MR) is 130 cm³/mol. The molecule has 0 saturated heterocycles. The second-order valence-electron chi connectivity index (χ2n) is 9.16. The summed E-state index contributed by atoms with van der Waals surface area (Å²) in [7, 11) is 0. The van der Waals surface area contributed by atoms with Gasteiger partial charge in [0.2, 0.25) is 0 Å². The molecule has 6 rings (SSSR count). The van der Waals surface area contributed by atoms with Crippen molar-refractivity contribution in [3.8, 4) is 22.8 Å². The molecule has 0 aliphatic heterocycles. The molecule has 0 spiro atoms. The van der Waals surface area contributed by atoms with Crippen LogP contribution in [0.3, 0.4) is 0 Å². The second kappa shape index (κ2) is 6.85. The van der Waals surface area contributed by atoms with Crippen molar-refractivity contribution in [2.75, 3.05) is 0 Å². The third kappa shape index (κ3) is 3.01. The molecule has 2 aromatic carbocycles. The molecular formula is C27H24N6. The van der Waals surface area contributed by atoms with Crippen LogP contribution < -0.4 is 0 Å². The number of aryl methyl sites for hydroxylation is 6. The van der Waals surface area contributed by atoms with Crippen LogP contribution >= 0.6 is 0 Å². The van der Waals surface area contributed by atoms with Gasteiger partial charge >= 0.3 is 0 Å². The van der Waals surface area contributed by atoms with Crippen molar-refractivity contribution < 1.29 is 0 Å². The minimum absolute atomic E-state index is 0.534. The summed E-state index contributed by atoms with van der Waals surface area (Å²) in [6, 6.07) is 8.41. The lowest BCUT2D eigenvalue weighted by molar-refractivity contribution is 1.02. The molecule has 3 heterocycles. The van der Waals surface area contributed by atoms with Crippen LogP contribution in [0.15, 0.2) is 24.3 Å². The Morgan fingerprint density at radius 2 is 0.758 bits per heavy atom. The summed E-state index contributed by atoms with van der Waals surface area (Å²) in [5.74, 6) is 0. The topological polar surface area (TPSA) is 77.3 Å². The Morgan fingerprint density at radius 3 is 1.12 bits per heavy atom. The SMILES string of the molecule is Cc1cc2nc3c(nc2cc1C)-c1nc(C)c(C)nc1-c1nc2cc(C)c(C)cc2nc1C3. The van der Waals surface area contributed by atoms with E-state index in [0.717, 1.165) is 67.6 Å². The molecule has 1 aliphatic rings. The van der Waals surface area contributed by atoms with Gasteiger partial charge in [0.1, 0.15) is 22.8 Å². The van der Waals surface area contributed by atoms with Gasteiger partial charge < -0.3 is 0 Å². The molecule has 0 atom stereocenters. The summed E-state index contributed by atoms with van der Waals surface area (Å²) < 4.78 is 0. The molecule has 6 heteroatoms. The average Bonchev–Trinajstić information content (AvgIpc) is 2.87. The predicted octanol–water partition coefficient (Wildman–Crippen LogP) is 5.45. The van der Waals surface area contributed by atoms with E-state index in [1.165, 1.54) is 22.3 Å². The van der Waals surface area contributed by atoms with Gasteiger partial charge in [-0.3, -0.25) is 0 Å². The number of fused-ring (bicyclic) bond motifs is 7. The van der Waals surface area contributed by atoms with E-state index < -0.39 is 0 Å². The number of nitrogens with zero attached hydrogens (tertiary/aromatic N) is 6. The standard InChI is InChI=1S/C27H24N6/c1-12-7-18-20(9-14(12)3)32-24-22(30-18)11-23-25(27-26(24)28-16(5)17(6)29-27)33-21-10-15(4)13(2)8-19(21)31-23/h7-10H,11H2,1-6H3. The molecule has 5 aromatic rings. The van der Waals surface area contributed by atoms with Crippen molar-refractivity contribution in [3.63, 3.8) is 0 Å². The van der Waals surface area contributed by atoms with Crippen molar-refractivity contribution in [1.82, 2.24) is 29.9 Å². The molecule has 1 aliphatic carbocycles. The van der Waals surface area contributed by atoms with Crippen molar-refractivity contribution in [2.24, 2.45) is 0 Å². The molecule has 3 aromatic heterocycles. The normalized spacial score (nSPS) is 12.4. The zero-order valence-electron chi connectivity index (χ0n) is 19.7. The van der Waals surface area contributed by atoms with E-state index in [2.05, 4.69) is 52.0 Å². The molecule has 0 N–H and O–H groups in total. The van der Waals surface area contributed by atoms with Crippen molar-refractivity contribution in [1.29, 1.82) is 0 Å². The number of rotatable bonds is 0. The van der Waals surface area contributed by atoms with Crippen molar-refractivity contribution in [2.45, 2.75) is 48.0 Å². The molecule has 33 heavy (non-hydrogen) atoms. The Morgan fingerprint density at radius 1 is 0.424 bits per heavy atom. The summed E-state index contributed by atoms with van der Waals surface area (Å²) in [6.45, 7) is 12.4. The Kier molecular flexibility index (Phi) is 4.12. The molecule has 0 unspecified atom stereocenters. The summed E-state index contributed by atoms with van der Waals surface area (Å²) >= 11 is 0. The van der Waals surface area contributed by atoms with Crippen LogP contribution in [0, 0.1) is 41.5 Å². The van der Waals surface area contributed by atoms with Gasteiger partial charge in [-0.2, -0.15) is 0 Å². The lowest BCUT2D eigenvalue weighted by Gasteiger charge is -2.12. The second-order valence-corrected chi connectivity index (χ2v) is 9.16. The lowest BCUT2D eigenvalue weighted by Crippen LogP contribution is -2.03. The molecule has 162 valence electrons. The Labute approximate surface area is 192 Å². The highest BCUT2D eigenvalue weighted by atomic mass is 15.0. The quantitative estimate of drug-likeness (QED) is 0.318. The van der Waals surface area contributed by atoms with E-state index >= 15 is 0 Å². The third-order valence-electron chi connectivity index (χ3n) is 6.79. The van der Waals surface area contributed by atoms with Crippen LogP contribution in [-0.4, -0.2) is 29.9 Å². The lowest BCUT2D eigenvalue weighted by atomic mass is 10.1. The first-order chi connectivity index (χ1) is 15.8. The maximum atomic E-state index is 5.05. The Bertz CT molecular complexity index is 1530. The van der Waals surface area contributed by atoms with E-state index in [-0.39, 0.29) is 0 Å². The van der Waals surface area contributed by atoms with E-state index in [1.807, 2.05) is 13.8 Å². The fourth-order valence-electron chi connectivity index (χ4n) is 4.41. The van der Waals surface area contributed by atoms with Gasteiger partial charge in [0.25, 0.3) is 0 Å². The van der Waals surface area contributed by atoms with E-state index in [9.17, 15) is 0 Å². The zero-order valence-corrected chi connectivity index (χ0v) is 19.7. The number of benzene rings is 2. The smallest absolute Gasteiger partial charge is 0.119 e. The van der Waals surface area contributed by atoms with Gasteiger partial charge in [-0.05, 0) is 88.1 Å². The number of hydrogen-bond donors (Lipinski definition) is 0. The molecule has 0 saturated carbocycles. The summed E-state index contributed by atoms with van der Waals surface area (Å²) in [5, 5.41) is 0. The van der Waals surface area contributed by atoms with E-state index in [4.69, 9.17) is 29.9 Å². The van der Waals surface area contributed by atoms with Crippen molar-refractivity contribution in [3.05, 3.63) is 69.3 Å². The van der Waals surface area contributed by atoms with Crippen LogP contribution in [-0.2, 0) is 6.42 Å². The van der Waals surface area contributed by atoms with Crippen LogP contribution in [0.5, 0.6) is 0 Å². The average molecular weight is 433 g/mol. The van der Waals surface area contributed by atoms with Gasteiger partial charge in [-0.1, -0.05) is 0 Å². The Hall–Kier alpha value is -3.80. The Balaban J connectivity index is 1.73. The summed E-state index contributed by atoms with van der Waals surface area (Å²) in [6.07, 6.45) is 0.534. The fourth-order valence-corrected chi connectivity index (χ4v) is 4.41. The molecular weight excluding hydrogens is 408 g/mol. The minimum atomic E-state index is 0.534. The van der Waals surface area contributed by atoms with E-state index in [1.54, 1.807) is 0 Å². The largest absolute Gasteiger partial charge is 0.248 e. The third-order valence-corrected chi connectivity index (χ3v) is 6.79. The molecule has 0 fully saturated rings. The minimum Gasteiger partial charge on any atom is -0.248 e. The number of aromatic nitrogens is 6. The first-order valence-electron chi connectivity index (χ1n) is 11.2. The highest BCUT2D eigenvalue weighted by Gasteiger charge is 2.28. The zero-order chi connectivity index (χ0) is 23.0. The first kappa shape index (κ1) is 19.9. The summed E-state index contributed by atoms with van der Waals surface area (Å²) in [4.78, 5) is 30.1. The molecule has 0 radical (unpaired) electrons.